The zero-order valence-electron chi connectivity index (χ0n) is 17.5. The molecule has 1 N–H and O–H groups in total. The minimum Gasteiger partial charge on any atom is -0.379 e. The van der Waals surface area contributed by atoms with Gasteiger partial charge in [0.15, 0.2) is 0 Å². The molecule has 2 aliphatic heterocycles. The standard InChI is InChI=1S/C23H24FN5O3/c24-16-4-3-5-17(14-16)25-21(30)15-20-22(31)28(9-8-27-10-12-32-13-11-27)23-26-18-6-1-2-7-19(18)29(20)23/h1-7,14,20H,8-13,15H2,(H,25,30). The van der Waals surface area contributed by atoms with E-state index in [0.29, 0.717) is 37.9 Å². The van der Waals surface area contributed by atoms with Crippen LogP contribution < -0.4 is 10.2 Å². The van der Waals surface area contributed by atoms with Gasteiger partial charge >= 0.3 is 0 Å². The molecule has 1 fully saturated rings. The van der Waals surface area contributed by atoms with Gasteiger partial charge in [0.1, 0.15) is 11.9 Å². The summed E-state index contributed by atoms with van der Waals surface area (Å²) in [5.41, 5.74) is 1.95. The summed E-state index contributed by atoms with van der Waals surface area (Å²) >= 11 is 0. The Bertz CT molecular complexity index is 1160. The Kier molecular flexibility index (Phi) is 5.59. The van der Waals surface area contributed by atoms with Crippen molar-refractivity contribution in [2.24, 2.45) is 0 Å². The van der Waals surface area contributed by atoms with Gasteiger partial charge in [-0.2, -0.15) is 0 Å². The molecule has 0 aliphatic carbocycles. The van der Waals surface area contributed by atoms with Crippen LogP contribution in [0, 0.1) is 5.82 Å². The van der Waals surface area contributed by atoms with Crippen molar-refractivity contribution in [3.05, 3.63) is 54.3 Å². The fourth-order valence-corrected chi connectivity index (χ4v) is 4.33. The third kappa shape index (κ3) is 3.96. The second kappa shape index (κ2) is 8.68. The highest BCUT2D eigenvalue weighted by Gasteiger charge is 2.40. The summed E-state index contributed by atoms with van der Waals surface area (Å²) in [4.78, 5) is 34.7. The zero-order chi connectivity index (χ0) is 22.1. The number of carbonyl (C=O) groups excluding carboxylic acids is 2. The lowest BCUT2D eigenvalue weighted by Gasteiger charge is -2.28. The average molecular weight is 437 g/mol. The van der Waals surface area contributed by atoms with Gasteiger partial charge in [0.2, 0.25) is 11.9 Å². The molecule has 3 aromatic rings. The van der Waals surface area contributed by atoms with Gasteiger partial charge in [0.25, 0.3) is 5.91 Å². The van der Waals surface area contributed by atoms with E-state index >= 15 is 0 Å². The maximum absolute atomic E-state index is 13.5. The molecule has 5 rings (SSSR count). The minimum absolute atomic E-state index is 0.0588. The van der Waals surface area contributed by atoms with E-state index in [2.05, 4.69) is 15.2 Å². The minimum atomic E-state index is -0.698. The second-order valence-corrected chi connectivity index (χ2v) is 7.99. The van der Waals surface area contributed by atoms with Crippen molar-refractivity contribution in [2.75, 3.05) is 49.6 Å². The molecule has 2 aromatic carbocycles. The highest BCUT2D eigenvalue weighted by Crippen LogP contribution is 2.36. The maximum Gasteiger partial charge on any atom is 0.253 e. The Hall–Kier alpha value is -3.30. The van der Waals surface area contributed by atoms with Gasteiger partial charge in [0.05, 0.1) is 30.7 Å². The molecular weight excluding hydrogens is 413 g/mol. The van der Waals surface area contributed by atoms with Crippen LogP contribution in [0.1, 0.15) is 12.5 Å². The maximum atomic E-state index is 13.5. The molecule has 1 aromatic heterocycles. The number of hydrogen-bond acceptors (Lipinski definition) is 5. The molecule has 8 nitrogen and oxygen atoms in total. The van der Waals surface area contributed by atoms with Crippen LogP contribution in [-0.2, 0) is 14.3 Å². The van der Waals surface area contributed by atoms with Crippen LogP contribution in [0.5, 0.6) is 0 Å². The lowest BCUT2D eigenvalue weighted by Crippen LogP contribution is -2.42. The topological polar surface area (TPSA) is 79.7 Å². The van der Waals surface area contributed by atoms with Crippen LogP contribution in [0.25, 0.3) is 11.0 Å². The molecule has 1 atom stereocenters. The van der Waals surface area contributed by atoms with Crippen molar-refractivity contribution in [3.8, 4) is 0 Å². The number of anilines is 2. The number of morpholine rings is 1. The van der Waals surface area contributed by atoms with Crippen molar-refractivity contribution in [3.63, 3.8) is 0 Å². The SMILES string of the molecule is O=C(CC1C(=O)N(CCN2CCOCC2)c2nc3ccccc3n21)Nc1cccc(F)c1. The summed E-state index contributed by atoms with van der Waals surface area (Å²) < 4.78 is 20.7. The summed E-state index contributed by atoms with van der Waals surface area (Å²) in [6, 6.07) is 12.6. The number of nitrogens with zero attached hydrogens (tertiary/aromatic N) is 4. The summed E-state index contributed by atoms with van der Waals surface area (Å²) in [7, 11) is 0. The van der Waals surface area contributed by atoms with E-state index in [1.54, 1.807) is 11.0 Å². The van der Waals surface area contributed by atoms with E-state index in [4.69, 9.17) is 4.74 Å². The largest absolute Gasteiger partial charge is 0.379 e. The van der Waals surface area contributed by atoms with Crippen molar-refractivity contribution in [1.82, 2.24) is 14.5 Å². The highest BCUT2D eigenvalue weighted by molar-refractivity contribution is 6.05. The Balaban J connectivity index is 1.38. The van der Waals surface area contributed by atoms with Gasteiger partial charge in [-0.05, 0) is 30.3 Å². The van der Waals surface area contributed by atoms with Crippen LogP contribution in [0.3, 0.4) is 0 Å². The molecule has 2 amide bonds. The summed E-state index contributed by atoms with van der Waals surface area (Å²) in [5.74, 6) is -0.376. The Morgan fingerprint density at radius 1 is 1.12 bits per heavy atom. The van der Waals surface area contributed by atoms with E-state index in [1.165, 1.54) is 18.2 Å². The monoisotopic (exact) mass is 437 g/mol. The van der Waals surface area contributed by atoms with E-state index in [9.17, 15) is 14.0 Å². The molecule has 0 saturated carbocycles. The Labute approximate surface area is 184 Å². The molecule has 2 aliphatic rings. The van der Waals surface area contributed by atoms with Gasteiger partial charge in [-0.25, -0.2) is 9.37 Å². The summed E-state index contributed by atoms with van der Waals surface area (Å²) in [6.07, 6.45) is -0.0588. The Morgan fingerprint density at radius 2 is 1.94 bits per heavy atom. The number of aromatic nitrogens is 2. The van der Waals surface area contributed by atoms with Crippen molar-refractivity contribution in [1.29, 1.82) is 0 Å². The molecule has 9 heteroatoms. The van der Waals surface area contributed by atoms with E-state index in [1.807, 2.05) is 28.8 Å². The smallest absolute Gasteiger partial charge is 0.253 e. The van der Waals surface area contributed by atoms with Crippen LogP contribution in [-0.4, -0.2) is 65.7 Å². The lowest BCUT2D eigenvalue weighted by atomic mass is 10.1. The number of fused-ring (bicyclic) bond motifs is 3. The number of para-hydroxylation sites is 2. The van der Waals surface area contributed by atoms with Crippen LogP contribution in [0.2, 0.25) is 0 Å². The van der Waals surface area contributed by atoms with Crippen LogP contribution in [0.4, 0.5) is 16.0 Å². The molecule has 1 unspecified atom stereocenters. The molecule has 0 spiro atoms. The molecule has 0 radical (unpaired) electrons. The van der Waals surface area contributed by atoms with Crippen molar-refractivity contribution in [2.45, 2.75) is 12.5 Å². The number of amides is 2. The van der Waals surface area contributed by atoms with Crippen molar-refractivity contribution >= 4 is 34.5 Å². The normalized spacial score (nSPS) is 18.8. The fourth-order valence-electron chi connectivity index (χ4n) is 4.33. The van der Waals surface area contributed by atoms with E-state index in [-0.39, 0.29) is 18.2 Å². The first-order chi connectivity index (χ1) is 15.6. The molecule has 32 heavy (non-hydrogen) atoms. The van der Waals surface area contributed by atoms with Crippen molar-refractivity contribution < 1.29 is 18.7 Å². The van der Waals surface area contributed by atoms with Crippen LogP contribution in [0.15, 0.2) is 48.5 Å². The molecule has 1 saturated heterocycles. The number of ether oxygens (including phenoxy) is 1. The van der Waals surface area contributed by atoms with Crippen LogP contribution >= 0.6 is 0 Å². The summed E-state index contributed by atoms with van der Waals surface area (Å²) in [6.45, 7) is 4.24. The highest BCUT2D eigenvalue weighted by atomic mass is 19.1. The predicted octanol–water partition coefficient (Wildman–Crippen LogP) is 2.42. The van der Waals surface area contributed by atoms with Gasteiger partial charge in [-0.1, -0.05) is 18.2 Å². The number of halogens is 1. The predicted molar refractivity (Wildman–Crippen MR) is 118 cm³/mol. The lowest BCUT2D eigenvalue weighted by molar-refractivity contribution is -0.124. The number of rotatable bonds is 6. The number of imidazole rings is 1. The molecule has 0 bridgehead atoms. The first-order valence-corrected chi connectivity index (χ1v) is 10.7. The van der Waals surface area contributed by atoms with Gasteiger partial charge in [0, 0.05) is 31.9 Å². The third-order valence-corrected chi connectivity index (χ3v) is 5.91. The Morgan fingerprint density at radius 3 is 2.75 bits per heavy atom. The number of benzene rings is 2. The quantitative estimate of drug-likeness (QED) is 0.641. The molecule has 3 heterocycles. The zero-order valence-corrected chi connectivity index (χ0v) is 17.5. The third-order valence-electron chi connectivity index (χ3n) is 5.91. The van der Waals surface area contributed by atoms with Gasteiger partial charge in [-0.3, -0.25) is 24.0 Å². The van der Waals surface area contributed by atoms with E-state index < -0.39 is 11.9 Å². The fraction of sp³-hybridized carbons (Fsp3) is 0.348. The molecular formula is C23H24FN5O3. The van der Waals surface area contributed by atoms with Gasteiger partial charge in [-0.15, -0.1) is 0 Å². The second-order valence-electron chi connectivity index (χ2n) is 7.99. The van der Waals surface area contributed by atoms with E-state index in [0.717, 1.165) is 24.1 Å². The average Bonchev–Trinajstić information content (AvgIpc) is 3.28. The number of carbonyl (C=O) groups is 2. The number of nitrogens with one attached hydrogen (secondary N) is 1. The van der Waals surface area contributed by atoms with Gasteiger partial charge < -0.3 is 10.1 Å². The first kappa shape index (κ1) is 20.6. The molecule has 166 valence electrons. The first-order valence-electron chi connectivity index (χ1n) is 10.7. The summed E-state index contributed by atoms with van der Waals surface area (Å²) in [5, 5.41) is 2.69. The number of hydrogen-bond donors (Lipinski definition) is 1.